The predicted molar refractivity (Wildman–Crippen MR) is 57.2 cm³/mol. The monoisotopic (exact) mass is 257 g/mol. The summed E-state index contributed by atoms with van der Waals surface area (Å²) < 4.78 is 6.36. The van der Waals surface area contributed by atoms with Gasteiger partial charge in [-0.3, -0.25) is 0 Å². The Bertz CT molecular complexity index is 356. The zero-order valence-electron chi connectivity index (χ0n) is 7.66. The number of rotatable bonds is 1. The summed E-state index contributed by atoms with van der Waals surface area (Å²) in [6.07, 6.45) is 0.549. The van der Waals surface area contributed by atoms with E-state index in [1.165, 1.54) is 0 Å². The molecule has 0 aliphatic carbocycles. The van der Waals surface area contributed by atoms with Crippen LogP contribution < -0.4 is 10.5 Å². The van der Waals surface area contributed by atoms with E-state index in [9.17, 15) is 5.11 Å². The second kappa shape index (κ2) is 3.53. The molecule has 0 fully saturated rings. The second-order valence-corrected chi connectivity index (χ2v) is 4.39. The molecule has 1 heterocycles. The standard InChI is InChI=1S/C10H12BrNO2/c11-7-1-2-9-8(5-7)10(13,6-12)3-4-14-9/h1-2,5,13H,3-4,6,12H2. The van der Waals surface area contributed by atoms with Gasteiger partial charge in [0.25, 0.3) is 0 Å². The van der Waals surface area contributed by atoms with E-state index in [0.717, 1.165) is 15.8 Å². The molecule has 1 aliphatic rings. The Hall–Kier alpha value is -0.580. The van der Waals surface area contributed by atoms with Gasteiger partial charge in [0.2, 0.25) is 0 Å². The zero-order chi connectivity index (χ0) is 10.2. The minimum atomic E-state index is -0.933. The average Bonchev–Trinajstić information content (AvgIpc) is 2.20. The molecular weight excluding hydrogens is 246 g/mol. The molecule has 0 saturated carbocycles. The van der Waals surface area contributed by atoms with Gasteiger partial charge >= 0.3 is 0 Å². The van der Waals surface area contributed by atoms with Crippen molar-refractivity contribution in [2.24, 2.45) is 5.73 Å². The largest absolute Gasteiger partial charge is 0.493 e. The molecule has 0 amide bonds. The third kappa shape index (κ3) is 1.54. The maximum Gasteiger partial charge on any atom is 0.125 e. The van der Waals surface area contributed by atoms with E-state index in [1.54, 1.807) is 0 Å². The van der Waals surface area contributed by atoms with Crippen LogP contribution in [0.5, 0.6) is 5.75 Å². The fourth-order valence-corrected chi connectivity index (χ4v) is 2.03. The Balaban J connectivity index is 2.52. The average molecular weight is 258 g/mol. The van der Waals surface area contributed by atoms with Crippen LogP contribution in [0.1, 0.15) is 12.0 Å². The van der Waals surface area contributed by atoms with Crippen molar-refractivity contribution in [1.82, 2.24) is 0 Å². The summed E-state index contributed by atoms with van der Waals surface area (Å²) in [5.41, 5.74) is 5.43. The van der Waals surface area contributed by atoms with E-state index in [0.29, 0.717) is 13.0 Å². The van der Waals surface area contributed by atoms with Crippen molar-refractivity contribution in [3.05, 3.63) is 28.2 Å². The van der Waals surface area contributed by atoms with E-state index in [-0.39, 0.29) is 6.54 Å². The Morgan fingerprint density at radius 3 is 3.07 bits per heavy atom. The van der Waals surface area contributed by atoms with Crippen LogP contribution in [-0.4, -0.2) is 18.3 Å². The van der Waals surface area contributed by atoms with Crippen LogP contribution in [0.25, 0.3) is 0 Å². The lowest BCUT2D eigenvalue weighted by atomic mass is 9.88. The van der Waals surface area contributed by atoms with Crippen molar-refractivity contribution in [3.8, 4) is 5.75 Å². The van der Waals surface area contributed by atoms with Crippen LogP contribution in [0.15, 0.2) is 22.7 Å². The van der Waals surface area contributed by atoms with Gasteiger partial charge in [0.1, 0.15) is 11.4 Å². The van der Waals surface area contributed by atoms with E-state index in [1.807, 2.05) is 18.2 Å². The Morgan fingerprint density at radius 2 is 2.36 bits per heavy atom. The van der Waals surface area contributed by atoms with Crippen LogP contribution in [0.2, 0.25) is 0 Å². The van der Waals surface area contributed by atoms with Gasteiger partial charge in [0.15, 0.2) is 0 Å². The molecule has 14 heavy (non-hydrogen) atoms. The van der Waals surface area contributed by atoms with Crippen molar-refractivity contribution in [2.75, 3.05) is 13.2 Å². The minimum Gasteiger partial charge on any atom is -0.493 e. The number of halogens is 1. The summed E-state index contributed by atoms with van der Waals surface area (Å²) in [6.45, 7) is 0.738. The third-order valence-corrected chi connectivity index (χ3v) is 3.05. The first kappa shape index (κ1) is 9.96. The Labute approximate surface area is 91.0 Å². The molecule has 76 valence electrons. The lowest BCUT2D eigenvalue weighted by molar-refractivity contribution is 0.00529. The van der Waals surface area contributed by atoms with Gasteiger partial charge in [-0.25, -0.2) is 0 Å². The maximum atomic E-state index is 10.2. The summed E-state index contributed by atoms with van der Waals surface area (Å²) in [4.78, 5) is 0. The first-order valence-corrected chi connectivity index (χ1v) is 5.30. The summed E-state index contributed by atoms with van der Waals surface area (Å²) in [5, 5.41) is 10.2. The van der Waals surface area contributed by atoms with Crippen LogP contribution in [0.3, 0.4) is 0 Å². The highest BCUT2D eigenvalue weighted by molar-refractivity contribution is 9.10. The summed E-state index contributed by atoms with van der Waals surface area (Å²) in [7, 11) is 0. The molecule has 1 aliphatic heterocycles. The molecular formula is C10H12BrNO2. The van der Waals surface area contributed by atoms with Crippen molar-refractivity contribution in [2.45, 2.75) is 12.0 Å². The zero-order valence-corrected chi connectivity index (χ0v) is 9.25. The molecule has 1 aromatic carbocycles. The maximum absolute atomic E-state index is 10.2. The molecule has 3 N–H and O–H groups in total. The summed E-state index contributed by atoms with van der Waals surface area (Å²) in [5.74, 6) is 0.729. The van der Waals surface area contributed by atoms with Crippen LogP contribution in [-0.2, 0) is 5.60 Å². The molecule has 3 nitrogen and oxygen atoms in total. The van der Waals surface area contributed by atoms with Gasteiger partial charge in [-0.2, -0.15) is 0 Å². The third-order valence-electron chi connectivity index (χ3n) is 2.55. The normalized spacial score (nSPS) is 25.4. The molecule has 1 aromatic rings. The van der Waals surface area contributed by atoms with Gasteiger partial charge in [-0.15, -0.1) is 0 Å². The van der Waals surface area contributed by atoms with Crippen molar-refractivity contribution in [3.63, 3.8) is 0 Å². The number of benzene rings is 1. The van der Waals surface area contributed by atoms with E-state index >= 15 is 0 Å². The molecule has 1 unspecified atom stereocenters. The first-order valence-electron chi connectivity index (χ1n) is 4.51. The smallest absolute Gasteiger partial charge is 0.125 e. The van der Waals surface area contributed by atoms with Crippen LogP contribution in [0, 0.1) is 0 Å². The Morgan fingerprint density at radius 1 is 1.57 bits per heavy atom. The highest BCUT2D eigenvalue weighted by Gasteiger charge is 2.34. The number of fused-ring (bicyclic) bond motifs is 1. The highest BCUT2D eigenvalue weighted by atomic mass is 79.9. The van der Waals surface area contributed by atoms with E-state index in [4.69, 9.17) is 10.5 Å². The fourth-order valence-electron chi connectivity index (χ4n) is 1.67. The van der Waals surface area contributed by atoms with Crippen molar-refractivity contribution in [1.29, 1.82) is 0 Å². The van der Waals surface area contributed by atoms with Crippen LogP contribution >= 0.6 is 15.9 Å². The number of hydrogen-bond acceptors (Lipinski definition) is 3. The minimum absolute atomic E-state index is 0.222. The van der Waals surface area contributed by atoms with E-state index in [2.05, 4.69) is 15.9 Å². The first-order chi connectivity index (χ1) is 6.65. The molecule has 4 heteroatoms. The van der Waals surface area contributed by atoms with Crippen molar-refractivity contribution >= 4 is 15.9 Å². The SMILES string of the molecule is NCC1(O)CCOc2ccc(Br)cc21. The number of hydrogen-bond donors (Lipinski definition) is 2. The molecule has 0 saturated heterocycles. The van der Waals surface area contributed by atoms with Crippen LogP contribution in [0.4, 0.5) is 0 Å². The second-order valence-electron chi connectivity index (χ2n) is 3.47. The number of ether oxygens (including phenoxy) is 1. The van der Waals surface area contributed by atoms with Gasteiger partial charge in [0, 0.05) is 23.0 Å². The Kier molecular flexibility index (Phi) is 2.51. The number of nitrogens with two attached hydrogens (primary N) is 1. The van der Waals surface area contributed by atoms with Gasteiger partial charge in [0.05, 0.1) is 6.61 Å². The lowest BCUT2D eigenvalue weighted by Gasteiger charge is -2.33. The van der Waals surface area contributed by atoms with Gasteiger partial charge in [-0.05, 0) is 18.2 Å². The molecule has 0 radical (unpaired) electrons. The topological polar surface area (TPSA) is 55.5 Å². The highest BCUT2D eigenvalue weighted by Crippen LogP contribution is 2.37. The lowest BCUT2D eigenvalue weighted by Crippen LogP contribution is -2.39. The van der Waals surface area contributed by atoms with E-state index < -0.39 is 5.60 Å². The number of aliphatic hydroxyl groups is 1. The fraction of sp³-hybridized carbons (Fsp3) is 0.400. The quantitative estimate of drug-likeness (QED) is 0.800. The molecule has 0 aromatic heterocycles. The summed E-state index contributed by atoms with van der Waals surface area (Å²) >= 11 is 3.36. The predicted octanol–water partition coefficient (Wildman–Crippen LogP) is 1.38. The summed E-state index contributed by atoms with van der Waals surface area (Å²) in [6, 6.07) is 5.60. The van der Waals surface area contributed by atoms with Gasteiger partial charge in [-0.1, -0.05) is 15.9 Å². The molecule has 2 rings (SSSR count). The van der Waals surface area contributed by atoms with Crippen molar-refractivity contribution < 1.29 is 9.84 Å². The molecule has 0 spiro atoms. The molecule has 0 bridgehead atoms. The van der Waals surface area contributed by atoms with Gasteiger partial charge < -0.3 is 15.6 Å². The molecule has 1 atom stereocenters.